The maximum atomic E-state index is 13.5. The number of benzene rings is 2. The minimum absolute atomic E-state index is 0.0120. The summed E-state index contributed by atoms with van der Waals surface area (Å²) in [5, 5.41) is 1.06. The van der Waals surface area contributed by atoms with Crippen LogP contribution in [0.3, 0.4) is 0 Å². The molecular formula is C22H25Cl2NO5. The highest BCUT2D eigenvalue weighted by Gasteiger charge is 2.26. The largest absolute Gasteiger partial charge is 0.493 e. The van der Waals surface area contributed by atoms with Crippen LogP contribution in [-0.2, 0) is 11.3 Å². The molecule has 0 radical (unpaired) electrons. The first-order valence-corrected chi connectivity index (χ1v) is 10.4. The Bertz CT molecular complexity index is 874. The van der Waals surface area contributed by atoms with Crippen molar-refractivity contribution in [1.29, 1.82) is 0 Å². The van der Waals surface area contributed by atoms with E-state index in [2.05, 4.69) is 0 Å². The minimum Gasteiger partial charge on any atom is -0.493 e. The molecule has 1 amide bonds. The van der Waals surface area contributed by atoms with Gasteiger partial charge in [0.2, 0.25) is 5.75 Å². The molecule has 0 saturated carbocycles. The van der Waals surface area contributed by atoms with Gasteiger partial charge in [0.05, 0.1) is 27.4 Å². The molecule has 0 unspecified atom stereocenters. The maximum absolute atomic E-state index is 13.5. The normalized spacial score (nSPS) is 15.7. The van der Waals surface area contributed by atoms with Crippen molar-refractivity contribution in [2.45, 2.75) is 25.5 Å². The van der Waals surface area contributed by atoms with Crippen LogP contribution in [0.25, 0.3) is 0 Å². The van der Waals surface area contributed by atoms with Crippen molar-refractivity contribution in [3.05, 3.63) is 51.5 Å². The molecule has 6 nitrogen and oxygen atoms in total. The van der Waals surface area contributed by atoms with Gasteiger partial charge in [0.15, 0.2) is 11.5 Å². The number of nitrogens with zero attached hydrogens (tertiary/aromatic N) is 1. The topological polar surface area (TPSA) is 57.2 Å². The Morgan fingerprint density at radius 3 is 2.33 bits per heavy atom. The predicted molar refractivity (Wildman–Crippen MR) is 116 cm³/mol. The van der Waals surface area contributed by atoms with E-state index in [0.29, 0.717) is 52.6 Å². The van der Waals surface area contributed by atoms with Crippen LogP contribution in [0.2, 0.25) is 10.0 Å². The summed E-state index contributed by atoms with van der Waals surface area (Å²) in [5.41, 5.74) is 1.23. The second kappa shape index (κ2) is 10.2. The van der Waals surface area contributed by atoms with Crippen LogP contribution < -0.4 is 14.2 Å². The van der Waals surface area contributed by atoms with Crippen molar-refractivity contribution < 1.29 is 23.7 Å². The van der Waals surface area contributed by atoms with Gasteiger partial charge in [-0.25, -0.2) is 0 Å². The zero-order valence-electron chi connectivity index (χ0n) is 17.2. The van der Waals surface area contributed by atoms with Crippen LogP contribution in [0.1, 0.15) is 28.8 Å². The highest BCUT2D eigenvalue weighted by Crippen LogP contribution is 2.38. The number of hydrogen-bond acceptors (Lipinski definition) is 5. The summed E-state index contributed by atoms with van der Waals surface area (Å²) >= 11 is 12.4. The monoisotopic (exact) mass is 453 g/mol. The van der Waals surface area contributed by atoms with E-state index in [4.69, 9.17) is 42.1 Å². The van der Waals surface area contributed by atoms with Gasteiger partial charge in [0, 0.05) is 35.3 Å². The van der Waals surface area contributed by atoms with Gasteiger partial charge in [-0.05, 0) is 42.7 Å². The number of carbonyl (C=O) groups excluding carboxylic acids is 1. The number of amides is 1. The molecule has 0 aromatic heterocycles. The fourth-order valence-corrected chi connectivity index (χ4v) is 3.96. The number of hydrogen-bond donors (Lipinski definition) is 0. The van der Waals surface area contributed by atoms with Crippen molar-refractivity contribution in [3.63, 3.8) is 0 Å². The Hall–Kier alpha value is -2.15. The Labute approximate surface area is 186 Å². The lowest BCUT2D eigenvalue weighted by Gasteiger charge is -2.27. The summed E-state index contributed by atoms with van der Waals surface area (Å²) in [5.74, 6) is 1.09. The van der Waals surface area contributed by atoms with Crippen LogP contribution in [0.4, 0.5) is 0 Å². The molecule has 2 aromatic rings. The molecular weight excluding hydrogens is 429 g/mol. The molecule has 8 heteroatoms. The van der Waals surface area contributed by atoms with E-state index in [9.17, 15) is 4.79 Å². The number of methoxy groups -OCH3 is 3. The van der Waals surface area contributed by atoms with E-state index in [1.54, 1.807) is 29.2 Å². The molecule has 1 saturated heterocycles. The predicted octanol–water partition coefficient (Wildman–Crippen LogP) is 4.84. The third kappa shape index (κ3) is 5.12. The fourth-order valence-electron chi connectivity index (χ4n) is 3.50. The zero-order valence-corrected chi connectivity index (χ0v) is 18.8. The van der Waals surface area contributed by atoms with Gasteiger partial charge >= 0.3 is 0 Å². The van der Waals surface area contributed by atoms with Gasteiger partial charge in [-0.15, -0.1) is 0 Å². The van der Waals surface area contributed by atoms with E-state index >= 15 is 0 Å². The van der Waals surface area contributed by atoms with E-state index in [-0.39, 0.29) is 12.0 Å². The Morgan fingerprint density at radius 1 is 1.10 bits per heavy atom. The third-order valence-electron chi connectivity index (χ3n) is 5.02. The first-order chi connectivity index (χ1) is 14.5. The highest BCUT2D eigenvalue weighted by molar-refractivity contribution is 6.35. The third-order valence-corrected chi connectivity index (χ3v) is 5.61. The molecule has 162 valence electrons. The molecule has 0 aliphatic carbocycles. The van der Waals surface area contributed by atoms with Crippen LogP contribution in [-0.4, -0.2) is 51.4 Å². The standard InChI is InChI=1S/C22H25Cl2NO5/c1-27-19-9-15(10-20(28-2)21(19)29-3)22(26)25(13-17-5-4-8-30-17)12-14-6-7-16(23)11-18(14)24/h6-7,9-11,17H,4-5,8,12-13H2,1-3H3/t17-/m1/s1. The van der Waals surface area contributed by atoms with Crippen molar-refractivity contribution in [1.82, 2.24) is 4.90 Å². The second-order valence-electron chi connectivity index (χ2n) is 6.97. The van der Waals surface area contributed by atoms with Gasteiger partial charge in [-0.1, -0.05) is 29.3 Å². The Morgan fingerprint density at radius 2 is 1.80 bits per heavy atom. The summed E-state index contributed by atoms with van der Waals surface area (Å²) < 4.78 is 21.9. The summed E-state index contributed by atoms with van der Waals surface area (Å²) in [4.78, 5) is 15.2. The van der Waals surface area contributed by atoms with Crippen molar-refractivity contribution in [3.8, 4) is 17.2 Å². The number of carbonyl (C=O) groups is 1. The Balaban J connectivity index is 1.94. The summed E-state index contributed by atoms with van der Waals surface area (Å²) in [6.07, 6.45) is 1.88. The number of rotatable bonds is 8. The van der Waals surface area contributed by atoms with E-state index in [0.717, 1.165) is 18.4 Å². The average Bonchev–Trinajstić information content (AvgIpc) is 3.26. The molecule has 1 heterocycles. The first kappa shape index (κ1) is 22.5. The molecule has 1 atom stereocenters. The van der Waals surface area contributed by atoms with Gasteiger partial charge in [0.25, 0.3) is 5.91 Å². The fraction of sp³-hybridized carbons (Fsp3) is 0.409. The summed E-state index contributed by atoms with van der Waals surface area (Å²) in [6.45, 7) is 1.48. The van der Waals surface area contributed by atoms with Gasteiger partial charge < -0.3 is 23.8 Å². The highest BCUT2D eigenvalue weighted by atomic mass is 35.5. The average molecular weight is 454 g/mol. The van der Waals surface area contributed by atoms with Crippen LogP contribution in [0, 0.1) is 0 Å². The second-order valence-corrected chi connectivity index (χ2v) is 7.81. The summed E-state index contributed by atoms with van der Waals surface area (Å²) in [6, 6.07) is 8.56. The molecule has 0 bridgehead atoms. The first-order valence-electron chi connectivity index (χ1n) is 9.61. The number of halogens is 2. The smallest absolute Gasteiger partial charge is 0.254 e. The van der Waals surface area contributed by atoms with E-state index in [1.165, 1.54) is 21.3 Å². The minimum atomic E-state index is -0.184. The lowest BCUT2D eigenvalue weighted by Crippen LogP contribution is -2.37. The quantitative estimate of drug-likeness (QED) is 0.572. The van der Waals surface area contributed by atoms with E-state index < -0.39 is 0 Å². The van der Waals surface area contributed by atoms with Crippen molar-refractivity contribution in [2.75, 3.05) is 34.5 Å². The van der Waals surface area contributed by atoms with Crippen LogP contribution in [0.5, 0.6) is 17.2 Å². The van der Waals surface area contributed by atoms with E-state index in [1.807, 2.05) is 6.07 Å². The summed E-state index contributed by atoms with van der Waals surface area (Å²) in [7, 11) is 4.56. The van der Waals surface area contributed by atoms with Crippen molar-refractivity contribution >= 4 is 29.1 Å². The van der Waals surface area contributed by atoms with Gasteiger partial charge in [-0.3, -0.25) is 4.79 Å². The van der Waals surface area contributed by atoms with Gasteiger partial charge in [0.1, 0.15) is 0 Å². The lowest BCUT2D eigenvalue weighted by molar-refractivity contribution is 0.0507. The molecule has 1 aliphatic rings. The molecule has 30 heavy (non-hydrogen) atoms. The number of ether oxygens (including phenoxy) is 4. The SMILES string of the molecule is COc1cc(C(=O)N(Cc2ccc(Cl)cc2Cl)C[C@H]2CCCO2)cc(OC)c1OC. The molecule has 2 aromatic carbocycles. The molecule has 0 spiro atoms. The van der Waals surface area contributed by atoms with Crippen LogP contribution in [0.15, 0.2) is 30.3 Å². The van der Waals surface area contributed by atoms with Gasteiger partial charge in [-0.2, -0.15) is 0 Å². The Kier molecular flexibility index (Phi) is 7.69. The molecule has 0 N–H and O–H groups in total. The molecule has 1 fully saturated rings. The molecule has 1 aliphatic heterocycles. The molecule has 3 rings (SSSR count). The lowest BCUT2D eigenvalue weighted by atomic mass is 10.1. The van der Waals surface area contributed by atoms with Crippen molar-refractivity contribution in [2.24, 2.45) is 0 Å². The maximum Gasteiger partial charge on any atom is 0.254 e. The zero-order chi connectivity index (χ0) is 21.7. The van der Waals surface area contributed by atoms with Crippen LogP contribution >= 0.6 is 23.2 Å².